The molecule has 5 nitrogen and oxygen atoms in total. The maximum absolute atomic E-state index is 11.9. The molecule has 0 bridgehead atoms. The molecule has 0 unspecified atom stereocenters. The fraction of sp³-hybridized carbons (Fsp3) is 0.389. The minimum Gasteiger partial charge on any atom is -0.348 e. The molecule has 0 aromatic heterocycles. The number of ether oxygens (including phenoxy) is 2. The molecule has 1 heterocycles. The number of fused-ring (bicyclic) bond motifs is 1. The van der Waals surface area contributed by atoms with Crippen LogP contribution in [0.1, 0.15) is 18.9 Å². The number of carbonyl (C=O) groups excluding carboxylic acids is 1. The molecule has 2 aromatic rings. The van der Waals surface area contributed by atoms with E-state index in [0.717, 1.165) is 5.56 Å². The zero-order valence-electron chi connectivity index (χ0n) is 13.3. The maximum atomic E-state index is 11.9. The summed E-state index contributed by atoms with van der Waals surface area (Å²) in [5.74, 6) is -0.564. The van der Waals surface area contributed by atoms with E-state index in [1.54, 1.807) is 0 Å². The van der Waals surface area contributed by atoms with Gasteiger partial charge < -0.3 is 20.1 Å². The molecule has 0 radical (unpaired) electrons. The molecule has 5 heteroatoms. The Bertz CT molecular complexity index is 681. The molecular formula is C18H22N2O3. The zero-order chi connectivity index (χ0) is 16.1. The van der Waals surface area contributed by atoms with E-state index in [4.69, 9.17) is 9.47 Å². The molecule has 0 atom stereocenters. The lowest BCUT2D eigenvalue weighted by molar-refractivity contribution is -0.145. The molecule has 0 saturated carbocycles. The molecule has 2 amide bonds. The van der Waals surface area contributed by atoms with Crippen molar-refractivity contribution in [3.8, 4) is 0 Å². The van der Waals surface area contributed by atoms with Gasteiger partial charge in [0.1, 0.15) is 0 Å². The summed E-state index contributed by atoms with van der Waals surface area (Å²) >= 11 is 0. The van der Waals surface area contributed by atoms with Crippen molar-refractivity contribution in [3.63, 3.8) is 0 Å². The molecular weight excluding hydrogens is 292 g/mol. The Morgan fingerprint density at radius 3 is 2.61 bits per heavy atom. The van der Waals surface area contributed by atoms with Gasteiger partial charge >= 0.3 is 6.03 Å². The number of urea groups is 1. The van der Waals surface area contributed by atoms with Crippen LogP contribution in [0.4, 0.5) is 4.79 Å². The standard InChI is InChI=1S/C18H22N2O3/c1-18(22-10-11-23-18)8-9-19-17(21)20-13-14-6-7-15-4-2-3-5-16(15)12-14/h2-7,12H,8-11,13H2,1H3,(H2,19,20,21). The van der Waals surface area contributed by atoms with Gasteiger partial charge in [0, 0.05) is 19.5 Å². The lowest BCUT2D eigenvalue weighted by atomic mass is 10.1. The molecule has 1 fully saturated rings. The van der Waals surface area contributed by atoms with Crippen LogP contribution in [0.3, 0.4) is 0 Å². The van der Waals surface area contributed by atoms with E-state index in [0.29, 0.717) is 32.7 Å². The van der Waals surface area contributed by atoms with Crippen molar-refractivity contribution in [2.45, 2.75) is 25.7 Å². The van der Waals surface area contributed by atoms with Crippen LogP contribution >= 0.6 is 0 Å². The average molecular weight is 314 g/mol. The summed E-state index contributed by atoms with van der Waals surface area (Å²) in [5, 5.41) is 8.08. The maximum Gasteiger partial charge on any atom is 0.315 e. The summed E-state index contributed by atoms with van der Waals surface area (Å²) < 4.78 is 11.0. The fourth-order valence-corrected chi connectivity index (χ4v) is 2.70. The molecule has 1 aliphatic heterocycles. The van der Waals surface area contributed by atoms with E-state index in [1.807, 2.05) is 25.1 Å². The van der Waals surface area contributed by atoms with Crippen LogP contribution in [0.15, 0.2) is 42.5 Å². The van der Waals surface area contributed by atoms with Gasteiger partial charge in [-0.05, 0) is 29.3 Å². The van der Waals surface area contributed by atoms with Crippen molar-refractivity contribution in [2.24, 2.45) is 0 Å². The van der Waals surface area contributed by atoms with Crippen molar-refractivity contribution in [2.75, 3.05) is 19.8 Å². The Balaban J connectivity index is 1.44. The van der Waals surface area contributed by atoms with Gasteiger partial charge in [-0.25, -0.2) is 4.79 Å². The largest absolute Gasteiger partial charge is 0.348 e. The van der Waals surface area contributed by atoms with Crippen LogP contribution in [-0.2, 0) is 16.0 Å². The van der Waals surface area contributed by atoms with E-state index in [2.05, 4.69) is 34.9 Å². The van der Waals surface area contributed by atoms with Gasteiger partial charge in [-0.15, -0.1) is 0 Å². The molecule has 3 rings (SSSR count). The number of rotatable bonds is 5. The summed E-state index contributed by atoms with van der Waals surface area (Å²) in [7, 11) is 0. The first-order valence-corrected chi connectivity index (χ1v) is 7.92. The Hall–Kier alpha value is -2.11. The quantitative estimate of drug-likeness (QED) is 0.892. The first-order valence-electron chi connectivity index (χ1n) is 7.92. The van der Waals surface area contributed by atoms with Crippen LogP contribution in [0.5, 0.6) is 0 Å². The van der Waals surface area contributed by atoms with E-state index in [9.17, 15) is 4.79 Å². The van der Waals surface area contributed by atoms with Crippen LogP contribution in [0.25, 0.3) is 10.8 Å². The average Bonchev–Trinajstić information content (AvgIpc) is 2.99. The second-order valence-electron chi connectivity index (χ2n) is 5.87. The van der Waals surface area contributed by atoms with Gasteiger partial charge in [-0.1, -0.05) is 36.4 Å². The highest BCUT2D eigenvalue weighted by Crippen LogP contribution is 2.21. The van der Waals surface area contributed by atoms with Crippen molar-refractivity contribution in [3.05, 3.63) is 48.0 Å². The van der Waals surface area contributed by atoms with Crippen molar-refractivity contribution in [1.29, 1.82) is 0 Å². The first-order chi connectivity index (χ1) is 11.1. The molecule has 0 spiro atoms. The van der Waals surface area contributed by atoms with Gasteiger partial charge in [0.05, 0.1) is 13.2 Å². The highest BCUT2D eigenvalue weighted by Gasteiger charge is 2.30. The summed E-state index contributed by atoms with van der Waals surface area (Å²) in [6.07, 6.45) is 0.635. The Morgan fingerprint density at radius 2 is 1.83 bits per heavy atom. The lowest BCUT2D eigenvalue weighted by Crippen LogP contribution is -2.39. The number of carbonyl (C=O) groups is 1. The van der Waals surface area contributed by atoms with E-state index < -0.39 is 5.79 Å². The van der Waals surface area contributed by atoms with Gasteiger partial charge in [0.2, 0.25) is 0 Å². The second-order valence-corrected chi connectivity index (χ2v) is 5.87. The minimum absolute atomic E-state index is 0.181. The molecule has 122 valence electrons. The number of nitrogens with one attached hydrogen (secondary N) is 2. The summed E-state index contributed by atoms with van der Waals surface area (Å²) in [6.45, 7) is 4.14. The van der Waals surface area contributed by atoms with Crippen molar-refractivity contribution >= 4 is 16.8 Å². The summed E-state index contributed by atoms with van der Waals surface area (Å²) in [5.41, 5.74) is 1.08. The van der Waals surface area contributed by atoms with Gasteiger partial charge in [0.25, 0.3) is 0 Å². The van der Waals surface area contributed by atoms with Crippen LogP contribution in [0, 0.1) is 0 Å². The molecule has 1 saturated heterocycles. The van der Waals surface area contributed by atoms with Crippen molar-refractivity contribution in [1.82, 2.24) is 10.6 Å². The van der Waals surface area contributed by atoms with E-state index in [1.165, 1.54) is 10.8 Å². The first kappa shape index (κ1) is 15.8. The Labute approximate surface area is 136 Å². The number of amides is 2. The van der Waals surface area contributed by atoms with Gasteiger partial charge in [0.15, 0.2) is 5.79 Å². The van der Waals surface area contributed by atoms with E-state index >= 15 is 0 Å². The van der Waals surface area contributed by atoms with Crippen molar-refractivity contribution < 1.29 is 14.3 Å². The van der Waals surface area contributed by atoms with Crippen LogP contribution in [-0.4, -0.2) is 31.6 Å². The Morgan fingerprint density at radius 1 is 1.09 bits per heavy atom. The molecule has 1 aliphatic rings. The fourth-order valence-electron chi connectivity index (χ4n) is 2.70. The SMILES string of the molecule is CC1(CCNC(=O)NCc2ccc3ccccc3c2)OCCO1. The van der Waals surface area contributed by atoms with Gasteiger partial charge in [-0.3, -0.25) is 0 Å². The van der Waals surface area contributed by atoms with Crippen LogP contribution in [0.2, 0.25) is 0 Å². The predicted molar refractivity (Wildman–Crippen MR) is 89.1 cm³/mol. The number of hydrogen-bond donors (Lipinski definition) is 2. The minimum atomic E-state index is -0.564. The number of hydrogen-bond acceptors (Lipinski definition) is 3. The molecule has 0 aliphatic carbocycles. The summed E-state index contributed by atoms with van der Waals surface area (Å²) in [4.78, 5) is 11.9. The topological polar surface area (TPSA) is 59.6 Å². The normalized spacial score (nSPS) is 16.4. The van der Waals surface area contributed by atoms with Gasteiger partial charge in [-0.2, -0.15) is 0 Å². The monoisotopic (exact) mass is 314 g/mol. The zero-order valence-corrected chi connectivity index (χ0v) is 13.3. The smallest absolute Gasteiger partial charge is 0.315 e. The number of benzene rings is 2. The highest BCUT2D eigenvalue weighted by atomic mass is 16.7. The third kappa shape index (κ3) is 4.21. The third-order valence-corrected chi connectivity index (χ3v) is 4.03. The predicted octanol–water partition coefficient (Wildman–Crippen LogP) is 2.79. The Kier molecular flexibility index (Phi) is 4.79. The summed E-state index contributed by atoms with van der Waals surface area (Å²) in [6, 6.07) is 14.2. The molecule has 2 N–H and O–H groups in total. The second kappa shape index (κ2) is 6.98. The molecule has 23 heavy (non-hydrogen) atoms. The highest BCUT2D eigenvalue weighted by molar-refractivity contribution is 5.83. The lowest BCUT2D eigenvalue weighted by Gasteiger charge is -2.22. The molecule has 2 aromatic carbocycles. The van der Waals surface area contributed by atoms with Crippen LogP contribution < -0.4 is 10.6 Å². The third-order valence-electron chi connectivity index (χ3n) is 4.03. The van der Waals surface area contributed by atoms with E-state index in [-0.39, 0.29) is 6.03 Å².